The first-order valence-corrected chi connectivity index (χ1v) is 9.91. The van der Waals surface area contributed by atoms with Crippen LogP contribution in [0, 0.1) is 13.8 Å². The molecule has 1 atom stereocenters. The van der Waals surface area contributed by atoms with Gasteiger partial charge in [0.05, 0.1) is 16.3 Å². The van der Waals surface area contributed by atoms with Gasteiger partial charge in [0.1, 0.15) is 0 Å². The van der Waals surface area contributed by atoms with Gasteiger partial charge in [0, 0.05) is 23.5 Å². The summed E-state index contributed by atoms with van der Waals surface area (Å²) in [6, 6.07) is 18.9. The Morgan fingerprint density at radius 1 is 1.11 bits per heavy atom. The highest BCUT2D eigenvalue weighted by Gasteiger charge is 2.14. The van der Waals surface area contributed by atoms with Crippen molar-refractivity contribution >= 4 is 27.5 Å². The zero-order chi connectivity index (χ0) is 19.7. The van der Waals surface area contributed by atoms with Crippen molar-refractivity contribution in [2.45, 2.75) is 20.0 Å². The molecule has 0 saturated carbocycles. The lowest BCUT2D eigenvalue weighted by Gasteiger charge is -2.12. The Hall–Kier alpha value is -2.96. The average Bonchev–Trinajstić information content (AvgIpc) is 3.27. The fourth-order valence-corrected chi connectivity index (χ4v) is 4.33. The van der Waals surface area contributed by atoms with Crippen LogP contribution in [0.1, 0.15) is 33.4 Å². The van der Waals surface area contributed by atoms with Crippen molar-refractivity contribution in [2.24, 2.45) is 0 Å². The van der Waals surface area contributed by atoms with Gasteiger partial charge in [0.2, 0.25) is 0 Å². The van der Waals surface area contributed by atoms with Crippen LogP contribution in [0.25, 0.3) is 15.3 Å². The summed E-state index contributed by atoms with van der Waals surface area (Å²) in [5, 5.41) is 13.9. The van der Waals surface area contributed by atoms with Crippen molar-refractivity contribution in [3.05, 3.63) is 83.2 Å². The molecule has 4 rings (SSSR count). The average molecular weight is 391 g/mol. The van der Waals surface area contributed by atoms with Crippen LogP contribution in [0.15, 0.2) is 60.7 Å². The highest BCUT2D eigenvalue weighted by atomic mass is 32.1. The molecule has 2 aromatic heterocycles. The Kier molecular flexibility index (Phi) is 4.98. The smallest absolute Gasteiger partial charge is 0.251 e. The zero-order valence-corrected chi connectivity index (χ0v) is 16.5. The second-order valence-electron chi connectivity index (χ2n) is 6.77. The van der Waals surface area contributed by atoms with Gasteiger partial charge in [0.15, 0.2) is 5.13 Å². The number of rotatable bonds is 5. The number of nitrogens with zero attached hydrogens (tertiary/aromatic N) is 2. The van der Waals surface area contributed by atoms with Crippen molar-refractivity contribution in [1.82, 2.24) is 14.9 Å². The summed E-state index contributed by atoms with van der Waals surface area (Å²) in [5.74, 6) is -0.208. The first-order chi connectivity index (χ1) is 13.5. The first-order valence-electron chi connectivity index (χ1n) is 9.10. The summed E-state index contributed by atoms with van der Waals surface area (Å²) in [6.45, 7) is 4.27. The van der Waals surface area contributed by atoms with E-state index in [0.717, 1.165) is 32.3 Å². The van der Waals surface area contributed by atoms with E-state index < -0.39 is 6.10 Å². The fourth-order valence-electron chi connectivity index (χ4n) is 3.20. The molecule has 2 heterocycles. The minimum Gasteiger partial charge on any atom is -0.387 e. The van der Waals surface area contributed by atoms with Gasteiger partial charge in [0.25, 0.3) is 5.91 Å². The zero-order valence-electron chi connectivity index (χ0n) is 15.7. The quantitative estimate of drug-likeness (QED) is 0.537. The molecule has 0 aliphatic rings. The second kappa shape index (κ2) is 7.58. The van der Waals surface area contributed by atoms with Crippen molar-refractivity contribution in [3.8, 4) is 5.13 Å². The number of carbonyl (C=O) groups is 1. The molecule has 0 unspecified atom stereocenters. The van der Waals surface area contributed by atoms with Gasteiger partial charge in [-0.2, -0.15) is 0 Å². The van der Waals surface area contributed by atoms with E-state index >= 15 is 0 Å². The maximum Gasteiger partial charge on any atom is 0.251 e. The Labute approximate surface area is 167 Å². The summed E-state index contributed by atoms with van der Waals surface area (Å²) >= 11 is 1.56. The van der Waals surface area contributed by atoms with Gasteiger partial charge in [-0.05, 0) is 49.7 Å². The van der Waals surface area contributed by atoms with E-state index in [1.54, 1.807) is 17.4 Å². The molecule has 0 spiro atoms. The lowest BCUT2D eigenvalue weighted by molar-refractivity contribution is 0.0916. The molecule has 0 aliphatic heterocycles. The van der Waals surface area contributed by atoms with Gasteiger partial charge in [-0.1, -0.05) is 41.7 Å². The van der Waals surface area contributed by atoms with Crippen LogP contribution in [-0.4, -0.2) is 27.1 Å². The molecule has 2 aromatic carbocycles. The molecule has 28 heavy (non-hydrogen) atoms. The third-order valence-electron chi connectivity index (χ3n) is 4.74. The number of aliphatic hydroxyl groups excluding tert-OH is 1. The van der Waals surface area contributed by atoms with Crippen LogP contribution in [0.2, 0.25) is 0 Å². The molecule has 0 radical (unpaired) electrons. The summed E-state index contributed by atoms with van der Waals surface area (Å²) in [6.07, 6.45) is -0.733. The molecule has 4 aromatic rings. The van der Waals surface area contributed by atoms with Crippen LogP contribution in [-0.2, 0) is 0 Å². The predicted octanol–water partition coefficient (Wildman–Crippen LogP) is 4.17. The number of hydrogen-bond donors (Lipinski definition) is 2. The summed E-state index contributed by atoms with van der Waals surface area (Å²) in [4.78, 5) is 17.2. The van der Waals surface area contributed by atoms with E-state index in [1.165, 1.54) is 0 Å². The maximum atomic E-state index is 12.5. The van der Waals surface area contributed by atoms with Gasteiger partial charge < -0.3 is 10.4 Å². The Morgan fingerprint density at radius 2 is 1.82 bits per heavy atom. The normalized spacial score (nSPS) is 12.2. The molecule has 5 nitrogen and oxygen atoms in total. The Bertz CT molecular complexity index is 1110. The van der Waals surface area contributed by atoms with Crippen LogP contribution in [0.5, 0.6) is 0 Å². The molecule has 0 aliphatic carbocycles. The third kappa shape index (κ3) is 3.56. The number of aryl methyl sites for hydroxylation is 2. The molecule has 6 heteroatoms. The Morgan fingerprint density at radius 3 is 2.54 bits per heavy atom. The van der Waals surface area contributed by atoms with Crippen molar-refractivity contribution in [1.29, 1.82) is 0 Å². The number of thiazole rings is 1. The Balaban J connectivity index is 1.52. The number of aliphatic hydroxyl groups is 1. The van der Waals surface area contributed by atoms with Crippen molar-refractivity contribution in [3.63, 3.8) is 0 Å². The molecular formula is C22H21N3O2S. The van der Waals surface area contributed by atoms with Crippen LogP contribution >= 0.6 is 11.3 Å². The molecule has 0 fully saturated rings. The maximum absolute atomic E-state index is 12.5. The van der Waals surface area contributed by atoms with E-state index in [4.69, 9.17) is 4.98 Å². The molecular weight excluding hydrogens is 370 g/mol. The largest absolute Gasteiger partial charge is 0.387 e. The molecule has 0 saturated heterocycles. The van der Waals surface area contributed by atoms with Gasteiger partial charge >= 0.3 is 0 Å². The monoisotopic (exact) mass is 391 g/mol. The van der Waals surface area contributed by atoms with E-state index in [1.807, 2.05) is 42.5 Å². The van der Waals surface area contributed by atoms with Gasteiger partial charge in [-0.25, -0.2) is 4.98 Å². The molecule has 2 N–H and O–H groups in total. The number of amides is 1. The first kappa shape index (κ1) is 18.4. The molecule has 0 bridgehead atoms. The van der Waals surface area contributed by atoms with E-state index in [-0.39, 0.29) is 12.5 Å². The molecule has 1 amide bonds. The highest BCUT2D eigenvalue weighted by molar-refractivity contribution is 7.20. The number of fused-ring (bicyclic) bond motifs is 1. The number of nitrogens with one attached hydrogen (secondary N) is 1. The lowest BCUT2D eigenvalue weighted by atomic mass is 10.1. The van der Waals surface area contributed by atoms with Crippen molar-refractivity contribution in [2.75, 3.05) is 6.54 Å². The van der Waals surface area contributed by atoms with E-state index in [0.29, 0.717) is 5.56 Å². The number of aromatic nitrogens is 2. The number of benzene rings is 2. The van der Waals surface area contributed by atoms with Gasteiger partial charge in [-0.15, -0.1) is 0 Å². The summed E-state index contributed by atoms with van der Waals surface area (Å²) < 4.78 is 3.07. The number of carbonyl (C=O) groups excluding carboxylic acids is 1. The van der Waals surface area contributed by atoms with Crippen LogP contribution in [0.3, 0.4) is 0 Å². The van der Waals surface area contributed by atoms with E-state index in [9.17, 15) is 9.90 Å². The lowest BCUT2D eigenvalue weighted by Crippen LogP contribution is -2.28. The van der Waals surface area contributed by atoms with Crippen molar-refractivity contribution < 1.29 is 9.90 Å². The third-order valence-corrected chi connectivity index (χ3v) is 5.75. The second-order valence-corrected chi connectivity index (χ2v) is 7.78. The fraction of sp³-hybridized carbons (Fsp3) is 0.182. The predicted molar refractivity (Wildman–Crippen MR) is 112 cm³/mol. The SMILES string of the molecule is Cc1ccc(C)n1-c1nc2ccc(C(=O)NC[C@H](O)c3ccccc3)cc2s1. The number of hydrogen-bond acceptors (Lipinski definition) is 4. The summed E-state index contributed by atoms with van der Waals surface area (Å²) in [5.41, 5.74) is 4.47. The van der Waals surface area contributed by atoms with Crippen LogP contribution in [0.4, 0.5) is 0 Å². The van der Waals surface area contributed by atoms with E-state index in [2.05, 4.69) is 35.9 Å². The molecule has 142 valence electrons. The van der Waals surface area contributed by atoms with Crippen LogP contribution < -0.4 is 5.32 Å². The van der Waals surface area contributed by atoms with Gasteiger partial charge in [-0.3, -0.25) is 9.36 Å². The highest BCUT2D eigenvalue weighted by Crippen LogP contribution is 2.28. The minimum atomic E-state index is -0.733. The standard InChI is InChI=1S/C22H21N3O2S/c1-14-8-9-15(2)25(14)22-24-18-11-10-17(12-20(18)28-22)21(27)23-13-19(26)16-6-4-3-5-7-16/h3-12,19,26H,13H2,1-2H3,(H,23,27)/t19-/m0/s1. The topological polar surface area (TPSA) is 67.2 Å². The summed E-state index contributed by atoms with van der Waals surface area (Å²) in [7, 11) is 0. The minimum absolute atomic E-state index is 0.163.